The van der Waals surface area contributed by atoms with E-state index in [1.807, 2.05) is 0 Å². The molecule has 11 atom stereocenters. The molecule has 0 radical (unpaired) electrons. The number of hydrogen-bond acceptors (Lipinski definition) is 14. The maximum Gasteiger partial charge on any atom is 0.408 e. The minimum absolute atomic E-state index is 0. The fourth-order valence-corrected chi connectivity index (χ4v) is 9.56. The first-order valence-corrected chi connectivity index (χ1v) is 19.3. The van der Waals surface area contributed by atoms with E-state index in [9.17, 15) is 44.4 Å². The van der Waals surface area contributed by atoms with Crippen molar-refractivity contribution in [2.75, 3.05) is 6.61 Å². The Morgan fingerprint density at radius 2 is 1.49 bits per heavy atom. The van der Waals surface area contributed by atoms with Crippen LogP contribution >= 0.6 is 0 Å². The van der Waals surface area contributed by atoms with Crippen LogP contribution < -0.4 is 5.32 Å². The first-order valence-electron chi connectivity index (χ1n) is 19.3. The van der Waals surface area contributed by atoms with E-state index >= 15 is 0 Å². The number of carbonyl (C=O) groups is 5. The van der Waals surface area contributed by atoms with Crippen LogP contribution in [0.15, 0.2) is 71.8 Å². The molecule has 61 heavy (non-hydrogen) atoms. The first-order chi connectivity index (χ1) is 27.0. The van der Waals surface area contributed by atoms with Crippen molar-refractivity contribution >= 4 is 29.8 Å². The first kappa shape index (κ1) is 50.6. The number of aliphatic hydroxyl groups excluding tert-OH is 3. The third kappa shape index (κ3) is 8.55. The van der Waals surface area contributed by atoms with Crippen LogP contribution in [0.25, 0.3) is 0 Å². The fraction of sp³-hybridized carbons (Fsp3) is 0.558. The molecule has 2 bridgehead atoms. The van der Waals surface area contributed by atoms with Crippen molar-refractivity contribution < 1.29 is 84.5 Å². The van der Waals surface area contributed by atoms with Gasteiger partial charge in [0, 0.05) is 25.2 Å². The van der Waals surface area contributed by atoms with Crippen LogP contribution in [0, 0.1) is 16.7 Å². The molecular formula is C43H59NO17. The second-order valence-corrected chi connectivity index (χ2v) is 17.6. The van der Waals surface area contributed by atoms with Crippen molar-refractivity contribution in [2.24, 2.45) is 16.7 Å². The van der Waals surface area contributed by atoms with Gasteiger partial charge in [0.15, 0.2) is 17.5 Å². The Labute approximate surface area is 353 Å². The van der Waals surface area contributed by atoms with E-state index in [4.69, 9.17) is 23.7 Å². The molecule has 6 unspecified atom stereocenters. The molecule has 1 heterocycles. The van der Waals surface area contributed by atoms with Crippen molar-refractivity contribution in [3.05, 3.63) is 82.9 Å². The number of rotatable bonds is 8. The summed E-state index contributed by atoms with van der Waals surface area (Å²) in [4.78, 5) is 68.9. The van der Waals surface area contributed by atoms with Gasteiger partial charge in [-0.1, -0.05) is 62.4 Å². The van der Waals surface area contributed by atoms with Crippen molar-refractivity contribution in [3.63, 3.8) is 0 Å². The Morgan fingerprint density at radius 3 is 2.02 bits per heavy atom. The molecule has 4 aliphatic rings. The number of hydrogen-bond donors (Lipinski definition) is 5. The third-order valence-corrected chi connectivity index (χ3v) is 12.6. The zero-order valence-electron chi connectivity index (χ0n) is 35.4. The monoisotopic (exact) mass is 861 g/mol. The summed E-state index contributed by atoms with van der Waals surface area (Å²) in [5, 5.41) is 51.6. The maximum atomic E-state index is 14.9. The molecule has 338 valence electrons. The Hall–Kier alpha value is -4.79. The Morgan fingerprint density at radius 1 is 0.918 bits per heavy atom. The van der Waals surface area contributed by atoms with E-state index < -0.39 is 112 Å². The second-order valence-electron chi connectivity index (χ2n) is 17.6. The molecule has 3 fully saturated rings. The summed E-state index contributed by atoms with van der Waals surface area (Å²) in [6.07, 6.45) is -11.5. The van der Waals surface area contributed by atoms with Crippen LogP contribution in [-0.4, -0.2) is 127 Å². The average molecular weight is 862 g/mol. The summed E-state index contributed by atoms with van der Waals surface area (Å²) in [5.74, 6) is -5.36. The molecule has 0 aromatic heterocycles. The predicted octanol–water partition coefficient (Wildman–Crippen LogP) is 0.786. The molecule has 0 spiro atoms. The van der Waals surface area contributed by atoms with Gasteiger partial charge >= 0.3 is 24.0 Å². The summed E-state index contributed by atoms with van der Waals surface area (Å²) in [6.45, 7) is 11.8. The topological polar surface area (TPSA) is 319 Å². The highest BCUT2D eigenvalue weighted by Crippen LogP contribution is 2.64. The number of amides is 1. The Kier molecular flexibility index (Phi) is 14.8. The number of benzene rings is 2. The van der Waals surface area contributed by atoms with E-state index in [0.29, 0.717) is 5.56 Å². The zero-order chi connectivity index (χ0) is 42.7. The van der Waals surface area contributed by atoms with Crippen molar-refractivity contribution in [3.8, 4) is 0 Å². The molecule has 2 aromatic carbocycles. The Balaban J connectivity index is 0.00000331. The smallest absolute Gasteiger partial charge is 0.408 e. The van der Waals surface area contributed by atoms with E-state index in [1.165, 1.54) is 26.0 Å². The number of Topliss-reactive ketones (excluding diaryl/α,β-unsaturated/α-hetero) is 1. The molecule has 6 rings (SSSR count). The number of ether oxygens (including phenoxy) is 5. The summed E-state index contributed by atoms with van der Waals surface area (Å²) in [6, 6.07) is 14.6. The maximum absolute atomic E-state index is 14.9. The lowest BCUT2D eigenvalue weighted by Gasteiger charge is -2.67. The molecule has 3 aliphatic carbocycles. The number of fused-ring (bicyclic) bond motifs is 5. The zero-order valence-corrected chi connectivity index (χ0v) is 35.4. The number of esters is 3. The van der Waals surface area contributed by atoms with Gasteiger partial charge in [-0.25, -0.2) is 14.4 Å². The minimum atomic E-state index is -2.35. The highest BCUT2D eigenvalue weighted by molar-refractivity contribution is 5.94. The van der Waals surface area contributed by atoms with E-state index in [2.05, 4.69) is 5.32 Å². The fourth-order valence-electron chi connectivity index (χ4n) is 9.56. The van der Waals surface area contributed by atoms with E-state index in [1.54, 1.807) is 83.1 Å². The standard InChI is InChI=1S/C43H53NO14.3H2O/c1-22-26(55-37(51)32(48)30(24-15-11-9-12-16-24)44-38(52)58-39(3,4)5)20-43(53)35(56-36(50)25-17-13-10-14-18-25)33-41(8,34(49)31(47)29(22)40(43,6)7)27(46)19-28-42(33,21-54-28)57-23(2)45;;;/h9-18,26-28,30-33,35,46-48,53H,19-21H2,1-8H3,(H,44,52);3*1H2/t26?,27?,28-,30?,31?,32?,33+,35?,41+,42-,43+;;;/m0.../s1. The van der Waals surface area contributed by atoms with Gasteiger partial charge in [-0.15, -0.1) is 0 Å². The Bertz CT molecular complexity index is 1980. The van der Waals surface area contributed by atoms with Gasteiger partial charge < -0.3 is 65.9 Å². The van der Waals surface area contributed by atoms with Gasteiger partial charge in [0.2, 0.25) is 0 Å². The van der Waals surface area contributed by atoms with Crippen LogP contribution in [0.5, 0.6) is 0 Å². The molecule has 1 aliphatic heterocycles. The number of aliphatic hydroxyl groups is 4. The lowest BCUT2D eigenvalue weighted by atomic mass is 9.44. The number of carbonyl (C=O) groups excluding carboxylic acids is 5. The second kappa shape index (κ2) is 17.9. The quantitative estimate of drug-likeness (QED) is 0.139. The molecule has 1 amide bonds. The highest BCUT2D eigenvalue weighted by Gasteiger charge is 2.78. The third-order valence-electron chi connectivity index (χ3n) is 12.6. The lowest BCUT2D eigenvalue weighted by molar-refractivity contribution is -0.346. The highest BCUT2D eigenvalue weighted by atomic mass is 16.6. The molecule has 18 heteroatoms. The lowest BCUT2D eigenvalue weighted by Crippen LogP contribution is -2.81. The summed E-state index contributed by atoms with van der Waals surface area (Å²) >= 11 is 0. The molecule has 18 nitrogen and oxygen atoms in total. The molecule has 1 saturated heterocycles. The van der Waals surface area contributed by atoms with Crippen LogP contribution in [0.3, 0.4) is 0 Å². The molecule has 11 N–H and O–H groups in total. The SMILES string of the molecule is CC(=O)O[C@@]12CO[C@H]1CC(O)[C@@]1(C)C(=O)C(O)C3=C(C)C(OC(=O)C(O)C(NC(=O)OC(C)(C)C)c4ccccc4)C[C@@](O)(C(OC(=O)c4ccccc4)[C@@H]21)C3(C)C.O.O.O. The van der Waals surface area contributed by atoms with Crippen LogP contribution in [-0.2, 0) is 38.1 Å². The van der Waals surface area contributed by atoms with Gasteiger partial charge in [0.25, 0.3) is 0 Å². The van der Waals surface area contributed by atoms with Gasteiger partial charge in [-0.2, -0.15) is 0 Å². The predicted molar refractivity (Wildman–Crippen MR) is 214 cm³/mol. The van der Waals surface area contributed by atoms with Crippen LogP contribution in [0.2, 0.25) is 0 Å². The van der Waals surface area contributed by atoms with Gasteiger partial charge in [0.05, 0.1) is 35.6 Å². The van der Waals surface area contributed by atoms with Gasteiger partial charge in [-0.3, -0.25) is 9.59 Å². The molecule has 2 saturated carbocycles. The number of ketones is 1. The normalized spacial score (nSPS) is 32.0. The van der Waals surface area contributed by atoms with Crippen molar-refractivity contribution in [1.29, 1.82) is 0 Å². The summed E-state index contributed by atoms with van der Waals surface area (Å²) < 4.78 is 29.5. The van der Waals surface area contributed by atoms with Crippen molar-refractivity contribution in [2.45, 2.75) is 128 Å². The average Bonchev–Trinajstić information content (AvgIpc) is 3.14. The molecular weight excluding hydrogens is 802 g/mol. The van der Waals surface area contributed by atoms with Crippen LogP contribution in [0.1, 0.15) is 90.2 Å². The molecule has 2 aromatic rings. The number of nitrogens with one attached hydrogen (secondary N) is 1. The van der Waals surface area contributed by atoms with Gasteiger partial charge in [-0.05, 0) is 63.5 Å². The van der Waals surface area contributed by atoms with Crippen LogP contribution in [0.4, 0.5) is 4.79 Å². The number of alkyl carbamates (subject to hydrolysis) is 1. The summed E-state index contributed by atoms with van der Waals surface area (Å²) in [5.41, 5.74) is -8.14. The van der Waals surface area contributed by atoms with Gasteiger partial charge in [0.1, 0.15) is 35.6 Å². The largest absolute Gasteiger partial charge is 0.456 e. The summed E-state index contributed by atoms with van der Waals surface area (Å²) in [7, 11) is 0. The van der Waals surface area contributed by atoms with E-state index in [0.717, 1.165) is 6.92 Å². The van der Waals surface area contributed by atoms with E-state index in [-0.39, 0.29) is 46.2 Å². The van der Waals surface area contributed by atoms with Crippen molar-refractivity contribution in [1.82, 2.24) is 5.32 Å². The minimum Gasteiger partial charge on any atom is -0.456 e.